The fourth-order valence-corrected chi connectivity index (χ4v) is 1.59. The van der Waals surface area contributed by atoms with E-state index in [-0.39, 0.29) is 6.61 Å². The van der Waals surface area contributed by atoms with Crippen LogP contribution < -0.4 is 0 Å². The first-order valence-corrected chi connectivity index (χ1v) is 5.70. The highest BCUT2D eigenvalue weighted by Gasteiger charge is 2.07. The number of aryl methyl sites for hydroxylation is 1. The molecule has 0 saturated carbocycles. The lowest BCUT2D eigenvalue weighted by Crippen LogP contribution is -2.06. The summed E-state index contributed by atoms with van der Waals surface area (Å²) < 4.78 is 15.1. The van der Waals surface area contributed by atoms with Crippen molar-refractivity contribution in [2.24, 2.45) is 0 Å². The average Bonchev–Trinajstić information content (AvgIpc) is 2.13. The van der Waals surface area contributed by atoms with Gasteiger partial charge in [-0.3, -0.25) is 4.46 Å². The SMILES string of the molecule is Cc1ccc(CO[Si](=O)O)c(C)c1C. The molecule has 0 heterocycles. The summed E-state index contributed by atoms with van der Waals surface area (Å²) in [6, 6.07) is 3.93. The van der Waals surface area contributed by atoms with Crippen molar-refractivity contribution in [1.29, 1.82) is 0 Å². The molecule has 0 aliphatic heterocycles. The molecular weight excluding hydrogens is 196 g/mol. The fourth-order valence-electron chi connectivity index (χ4n) is 1.31. The summed E-state index contributed by atoms with van der Waals surface area (Å²) in [4.78, 5) is 8.55. The van der Waals surface area contributed by atoms with Gasteiger partial charge in [0.05, 0.1) is 0 Å². The molecule has 0 amide bonds. The molecule has 1 aromatic rings. The van der Waals surface area contributed by atoms with Gasteiger partial charge in [-0.05, 0) is 43.0 Å². The van der Waals surface area contributed by atoms with Gasteiger partial charge in [-0.1, -0.05) is 12.1 Å². The zero-order valence-corrected chi connectivity index (χ0v) is 9.63. The molecule has 14 heavy (non-hydrogen) atoms. The number of benzene rings is 1. The van der Waals surface area contributed by atoms with Crippen molar-refractivity contribution < 1.29 is 13.7 Å². The molecule has 0 spiro atoms. The van der Waals surface area contributed by atoms with Crippen molar-refractivity contribution in [1.82, 2.24) is 0 Å². The lowest BCUT2D eigenvalue weighted by atomic mass is 9.99. The third kappa shape index (κ3) is 2.42. The predicted octanol–water partition coefficient (Wildman–Crippen LogP) is 1.54. The third-order valence-corrected chi connectivity index (χ3v) is 2.91. The first-order valence-electron chi connectivity index (χ1n) is 4.43. The van der Waals surface area contributed by atoms with Gasteiger partial charge in [-0.25, -0.2) is 0 Å². The van der Waals surface area contributed by atoms with Gasteiger partial charge in [-0.2, -0.15) is 0 Å². The maximum absolute atomic E-state index is 10.4. The van der Waals surface area contributed by atoms with E-state index in [2.05, 4.69) is 0 Å². The maximum Gasteiger partial charge on any atom is 0.764 e. The normalized spacial score (nSPS) is 9.93. The molecule has 0 bridgehead atoms. The second-order valence-electron chi connectivity index (χ2n) is 3.35. The third-order valence-electron chi connectivity index (χ3n) is 2.52. The van der Waals surface area contributed by atoms with Crippen LogP contribution in [0.2, 0.25) is 0 Å². The van der Waals surface area contributed by atoms with E-state index in [4.69, 9.17) is 9.22 Å². The highest BCUT2D eigenvalue weighted by molar-refractivity contribution is 6.24. The quantitative estimate of drug-likeness (QED) is 0.770. The van der Waals surface area contributed by atoms with Gasteiger partial charge in [0.25, 0.3) is 0 Å². The standard InChI is InChI=1S/C10H14O3Si/c1-7-4-5-10(6-13-14(11)12)9(3)8(7)2/h4-5,11H,6H2,1-3H3. The summed E-state index contributed by atoms with van der Waals surface area (Å²) in [5, 5.41) is 0. The van der Waals surface area contributed by atoms with Crippen molar-refractivity contribution in [3.8, 4) is 0 Å². The topological polar surface area (TPSA) is 46.5 Å². The minimum atomic E-state index is -2.82. The van der Waals surface area contributed by atoms with Gasteiger partial charge in [0.1, 0.15) is 6.61 Å². The molecule has 0 aliphatic rings. The van der Waals surface area contributed by atoms with Crippen LogP contribution in [0.1, 0.15) is 22.3 Å². The first-order chi connectivity index (χ1) is 6.52. The van der Waals surface area contributed by atoms with Crippen LogP contribution in [0.15, 0.2) is 12.1 Å². The maximum atomic E-state index is 10.4. The Morgan fingerprint density at radius 3 is 2.50 bits per heavy atom. The van der Waals surface area contributed by atoms with Crippen LogP contribution in [-0.4, -0.2) is 14.0 Å². The Bertz CT molecular complexity index is 361. The molecular formula is C10H14O3Si. The number of hydrogen-bond acceptors (Lipinski definition) is 2. The average molecular weight is 210 g/mol. The Hall–Kier alpha value is -1.16. The fraction of sp³-hybridized carbons (Fsp3) is 0.400. The van der Waals surface area contributed by atoms with Gasteiger partial charge in [0, 0.05) is 0 Å². The molecule has 1 rings (SSSR count). The summed E-state index contributed by atoms with van der Waals surface area (Å²) in [6.45, 7) is 6.29. The minimum absolute atomic E-state index is 0.210. The molecule has 1 aromatic carbocycles. The van der Waals surface area contributed by atoms with Crippen molar-refractivity contribution in [3.63, 3.8) is 0 Å². The van der Waals surface area contributed by atoms with Crippen LogP contribution in [0.3, 0.4) is 0 Å². The van der Waals surface area contributed by atoms with Crippen molar-refractivity contribution in [3.05, 3.63) is 34.4 Å². The van der Waals surface area contributed by atoms with E-state index in [9.17, 15) is 4.46 Å². The summed E-state index contributed by atoms with van der Waals surface area (Å²) in [6.07, 6.45) is 0. The molecule has 0 atom stereocenters. The van der Waals surface area contributed by atoms with Crippen LogP contribution in [0.4, 0.5) is 0 Å². The van der Waals surface area contributed by atoms with Crippen LogP contribution in [0.25, 0.3) is 0 Å². The Kier molecular flexibility index (Phi) is 3.41. The molecule has 0 saturated heterocycles. The molecule has 0 aromatic heterocycles. The van der Waals surface area contributed by atoms with Crippen molar-refractivity contribution in [2.75, 3.05) is 0 Å². The summed E-state index contributed by atoms with van der Waals surface area (Å²) in [5.74, 6) is 0. The summed E-state index contributed by atoms with van der Waals surface area (Å²) >= 11 is 0. The Morgan fingerprint density at radius 2 is 1.93 bits per heavy atom. The first kappa shape index (κ1) is 10.9. The molecule has 0 radical (unpaired) electrons. The molecule has 4 heteroatoms. The minimum Gasteiger partial charge on any atom is -0.511 e. The monoisotopic (exact) mass is 210 g/mol. The second-order valence-corrected chi connectivity index (χ2v) is 4.17. The van der Waals surface area contributed by atoms with Gasteiger partial charge in [0.15, 0.2) is 0 Å². The van der Waals surface area contributed by atoms with E-state index in [0.29, 0.717) is 0 Å². The molecule has 0 unspecified atom stereocenters. The van der Waals surface area contributed by atoms with E-state index in [1.807, 2.05) is 32.9 Å². The van der Waals surface area contributed by atoms with E-state index < -0.39 is 9.17 Å². The largest absolute Gasteiger partial charge is 0.764 e. The Morgan fingerprint density at radius 1 is 1.29 bits per heavy atom. The van der Waals surface area contributed by atoms with E-state index in [1.165, 1.54) is 11.1 Å². The molecule has 0 fully saturated rings. The van der Waals surface area contributed by atoms with E-state index >= 15 is 0 Å². The van der Waals surface area contributed by atoms with Crippen LogP contribution in [0.5, 0.6) is 0 Å². The van der Waals surface area contributed by atoms with E-state index in [1.54, 1.807) is 0 Å². The van der Waals surface area contributed by atoms with Gasteiger partial charge < -0.3 is 9.22 Å². The van der Waals surface area contributed by atoms with Crippen LogP contribution in [-0.2, 0) is 15.5 Å². The molecule has 0 aliphatic carbocycles. The van der Waals surface area contributed by atoms with Crippen molar-refractivity contribution in [2.45, 2.75) is 27.4 Å². The number of hydrogen-bond donors (Lipinski definition) is 1. The smallest absolute Gasteiger partial charge is 0.511 e. The van der Waals surface area contributed by atoms with Gasteiger partial charge >= 0.3 is 9.17 Å². The van der Waals surface area contributed by atoms with Crippen LogP contribution >= 0.6 is 0 Å². The lowest BCUT2D eigenvalue weighted by molar-refractivity contribution is 0.214. The molecule has 3 nitrogen and oxygen atoms in total. The second kappa shape index (κ2) is 4.37. The predicted molar refractivity (Wildman–Crippen MR) is 54.1 cm³/mol. The van der Waals surface area contributed by atoms with E-state index in [0.717, 1.165) is 11.1 Å². The molecule has 1 N–H and O–H groups in total. The van der Waals surface area contributed by atoms with Crippen LogP contribution in [0, 0.1) is 20.8 Å². The van der Waals surface area contributed by atoms with Crippen molar-refractivity contribution >= 4 is 9.17 Å². The Labute approximate surface area is 85.3 Å². The Balaban J connectivity index is 2.88. The zero-order valence-electron chi connectivity index (χ0n) is 8.63. The zero-order chi connectivity index (χ0) is 10.7. The summed E-state index contributed by atoms with van der Waals surface area (Å²) in [5.41, 5.74) is 4.54. The highest BCUT2D eigenvalue weighted by atomic mass is 28.3. The summed E-state index contributed by atoms with van der Waals surface area (Å²) in [7, 11) is -2.82. The number of rotatable bonds is 3. The van der Waals surface area contributed by atoms with Gasteiger partial charge in [0.2, 0.25) is 0 Å². The molecule has 76 valence electrons. The van der Waals surface area contributed by atoms with Gasteiger partial charge in [-0.15, -0.1) is 0 Å². The highest BCUT2D eigenvalue weighted by Crippen LogP contribution is 2.17. The lowest BCUT2D eigenvalue weighted by Gasteiger charge is -2.10.